The normalized spacial score (nSPS) is 21.4. The molecule has 0 atom stereocenters. The van der Waals surface area contributed by atoms with Crippen LogP contribution in [0, 0.1) is 6.92 Å². The highest BCUT2D eigenvalue weighted by atomic mass is 32.1. The van der Waals surface area contributed by atoms with Crippen LogP contribution < -0.4 is 5.32 Å². The van der Waals surface area contributed by atoms with E-state index in [1.165, 1.54) is 4.90 Å². The van der Waals surface area contributed by atoms with Gasteiger partial charge in [-0.3, -0.25) is 9.69 Å². The van der Waals surface area contributed by atoms with Crippen LogP contribution in [0.2, 0.25) is 0 Å². The first kappa shape index (κ1) is 12.6. The first-order chi connectivity index (χ1) is 9.11. The largest absolute Gasteiger partial charge is 0.325 e. The number of aromatic nitrogens is 1. The molecule has 102 valence electrons. The molecule has 2 heterocycles. The van der Waals surface area contributed by atoms with Crippen molar-refractivity contribution >= 4 is 23.3 Å². The summed E-state index contributed by atoms with van der Waals surface area (Å²) in [6.07, 6.45) is 6.13. The monoisotopic (exact) mass is 279 g/mol. The lowest BCUT2D eigenvalue weighted by atomic mass is 9.98. The van der Waals surface area contributed by atoms with Gasteiger partial charge in [-0.2, -0.15) is 0 Å². The Bertz CT molecular complexity index is 520. The first-order valence-electron chi connectivity index (χ1n) is 6.66. The molecule has 3 rings (SSSR count). The van der Waals surface area contributed by atoms with Crippen LogP contribution >= 0.6 is 11.3 Å². The van der Waals surface area contributed by atoms with Gasteiger partial charge in [0.25, 0.3) is 5.91 Å². The lowest BCUT2D eigenvalue weighted by Gasteiger charge is -2.19. The Balaban J connectivity index is 1.68. The van der Waals surface area contributed by atoms with E-state index in [4.69, 9.17) is 0 Å². The molecule has 1 aliphatic heterocycles. The van der Waals surface area contributed by atoms with Gasteiger partial charge in [0.15, 0.2) is 0 Å². The average Bonchev–Trinajstić information content (AvgIpc) is 3.04. The fraction of sp³-hybridized carbons (Fsp3) is 0.615. The van der Waals surface area contributed by atoms with Crippen molar-refractivity contribution < 1.29 is 9.59 Å². The third-order valence-corrected chi connectivity index (χ3v) is 4.93. The Hall–Kier alpha value is -1.43. The zero-order chi connectivity index (χ0) is 13.5. The Morgan fingerprint density at radius 1 is 1.42 bits per heavy atom. The summed E-state index contributed by atoms with van der Waals surface area (Å²) in [7, 11) is 0. The number of carbonyl (C=O) groups excluding carboxylic acids is 2. The summed E-state index contributed by atoms with van der Waals surface area (Å²) in [6.45, 7) is 2.41. The fourth-order valence-corrected chi connectivity index (χ4v) is 3.72. The van der Waals surface area contributed by atoms with Gasteiger partial charge < -0.3 is 5.32 Å². The summed E-state index contributed by atoms with van der Waals surface area (Å²) in [6, 6.07) is -0.229. The minimum atomic E-state index is -0.583. The topological polar surface area (TPSA) is 62.3 Å². The van der Waals surface area contributed by atoms with Crippen LogP contribution in [0.5, 0.6) is 0 Å². The number of hydrogen-bond acceptors (Lipinski definition) is 4. The van der Waals surface area contributed by atoms with Gasteiger partial charge >= 0.3 is 6.03 Å². The molecule has 5 nitrogen and oxygen atoms in total. The number of hydrogen-bond donors (Lipinski definition) is 1. The van der Waals surface area contributed by atoms with Crippen LogP contribution in [0.1, 0.15) is 35.6 Å². The summed E-state index contributed by atoms with van der Waals surface area (Å²) in [5.41, 5.74) is -0.583. The minimum Gasteiger partial charge on any atom is -0.323 e. The van der Waals surface area contributed by atoms with E-state index >= 15 is 0 Å². The SMILES string of the molecule is Cc1ncc(CCN2C(=O)NC3(CCCC3)C2=O)s1. The van der Waals surface area contributed by atoms with Crippen LogP contribution in [-0.2, 0) is 11.2 Å². The summed E-state index contributed by atoms with van der Waals surface area (Å²) in [5.74, 6) is -0.0313. The van der Waals surface area contributed by atoms with Crippen LogP contribution in [0.4, 0.5) is 4.79 Å². The third-order valence-electron chi connectivity index (χ3n) is 3.95. The second-order valence-corrected chi connectivity index (χ2v) is 6.59. The zero-order valence-corrected chi connectivity index (χ0v) is 11.8. The van der Waals surface area contributed by atoms with Crippen LogP contribution in [0.25, 0.3) is 0 Å². The number of thiazole rings is 1. The van der Waals surface area contributed by atoms with Crippen molar-refractivity contribution in [3.63, 3.8) is 0 Å². The Kier molecular flexibility index (Phi) is 3.05. The quantitative estimate of drug-likeness (QED) is 0.859. The van der Waals surface area contributed by atoms with E-state index in [2.05, 4.69) is 10.3 Å². The predicted molar refractivity (Wildman–Crippen MR) is 72.0 cm³/mol. The van der Waals surface area contributed by atoms with Crippen molar-refractivity contribution in [1.82, 2.24) is 15.2 Å². The number of aryl methyl sites for hydroxylation is 1. The molecule has 1 N–H and O–H groups in total. The first-order valence-corrected chi connectivity index (χ1v) is 7.48. The fourth-order valence-electron chi connectivity index (χ4n) is 2.94. The molecule has 3 amide bonds. The molecule has 1 aromatic heterocycles. The van der Waals surface area contributed by atoms with Gasteiger partial charge in [0.1, 0.15) is 5.54 Å². The van der Waals surface area contributed by atoms with E-state index in [1.54, 1.807) is 11.3 Å². The number of nitrogens with zero attached hydrogens (tertiary/aromatic N) is 2. The van der Waals surface area contributed by atoms with E-state index < -0.39 is 5.54 Å². The van der Waals surface area contributed by atoms with Gasteiger partial charge in [-0.15, -0.1) is 11.3 Å². The molecular weight excluding hydrogens is 262 g/mol. The molecule has 1 aliphatic carbocycles. The molecule has 0 bridgehead atoms. The zero-order valence-electron chi connectivity index (χ0n) is 10.9. The smallest absolute Gasteiger partial charge is 0.323 e. The van der Waals surface area contributed by atoms with E-state index in [0.29, 0.717) is 13.0 Å². The molecule has 1 saturated carbocycles. The number of imide groups is 1. The second kappa shape index (κ2) is 4.59. The third kappa shape index (κ3) is 2.14. The molecule has 1 spiro atoms. The van der Waals surface area contributed by atoms with Gasteiger partial charge in [-0.25, -0.2) is 9.78 Å². The number of nitrogens with one attached hydrogen (secondary N) is 1. The molecule has 0 unspecified atom stereocenters. The molecule has 0 aromatic carbocycles. The Morgan fingerprint density at radius 3 is 2.79 bits per heavy atom. The number of amides is 3. The molecule has 1 saturated heterocycles. The second-order valence-electron chi connectivity index (χ2n) is 5.27. The van der Waals surface area contributed by atoms with Crippen molar-refractivity contribution in [3.05, 3.63) is 16.1 Å². The average molecular weight is 279 g/mol. The number of urea groups is 1. The van der Waals surface area contributed by atoms with Gasteiger partial charge in [0, 0.05) is 24.0 Å². The molecule has 2 fully saturated rings. The number of rotatable bonds is 3. The molecule has 2 aliphatic rings. The summed E-state index contributed by atoms with van der Waals surface area (Å²) in [4.78, 5) is 31.0. The highest BCUT2D eigenvalue weighted by Gasteiger charge is 2.52. The van der Waals surface area contributed by atoms with Crippen molar-refractivity contribution in [1.29, 1.82) is 0 Å². The molecule has 1 aromatic rings. The van der Waals surface area contributed by atoms with Crippen LogP contribution in [0.15, 0.2) is 6.20 Å². The van der Waals surface area contributed by atoms with E-state index in [1.807, 2.05) is 13.1 Å². The number of carbonyl (C=O) groups is 2. The van der Waals surface area contributed by atoms with Crippen LogP contribution in [0.3, 0.4) is 0 Å². The maximum absolute atomic E-state index is 12.4. The summed E-state index contributed by atoms with van der Waals surface area (Å²) >= 11 is 1.62. The van der Waals surface area contributed by atoms with E-state index in [0.717, 1.165) is 35.6 Å². The molecule has 6 heteroatoms. The Morgan fingerprint density at radius 2 is 2.16 bits per heavy atom. The minimum absolute atomic E-state index is 0.0313. The van der Waals surface area contributed by atoms with Crippen molar-refractivity contribution in [2.75, 3.05) is 6.54 Å². The van der Waals surface area contributed by atoms with Crippen molar-refractivity contribution in [2.45, 2.75) is 44.6 Å². The van der Waals surface area contributed by atoms with Gasteiger partial charge in [-0.05, 0) is 19.8 Å². The van der Waals surface area contributed by atoms with Crippen LogP contribution in [-0.4, -0.2) is 33.9 Å². The molecule has 0 radical (unpaired) electrons. The van der Waals surface area contributed by atoms with Crippen molar-refractivity contribution in [2.24, 2.45) is 0 Å². The lowest BCUT2D eigenvalue weighted by Crippen LogP contribution is -2.44. The predicted octanol–water partition coefficient (Wildman–Crippen LogP) is 1.86. The maximum atomic E-state index is 12.4. The van der Waals surface area contributed by atoms with Gasteiger partial charge in [-0.1, -0.05) is 12.8 Å². The van der Waals surface area contributed by atoms with E-state index in [9.17, 15) is 9.59 Å². The highest BCUT2D eigenvalue weighted by molar-refractivity contribution is 7.11. The van der Waals surface area contributed by atoms with Gasteiger partial charge in [0.2, 0.25) is 0 Å². The van der Waals surface area contributed by atoms with Gasteiger partial charge in [0.05, 0.1) is 5.01 Å². The lowest BCUT2D eigenvalue weighted by molar-refractivity contribution is -0.131. The maximum Gasteiger partial charge on any atom is 0.325 e. The standard InChI is InChI=1S/C13H17N3O2S/c1-9-14-8-10(19-9)4-7-16-11(17)13(15-12(16)18)5-2-3-6-13/h8H,2-7H2,1H3,(H,15,18). The molecular formula is C13H17N3O2S. The highest BCUT2D eigenvalue weighted by Crippen LogP contribution is 2.35. The summed E-state index contributed by atoms with van der Waals surface area (Å²) < 4.78 is 0. The van der Waals surface area contributed by atoms with E-state index in [-0.39, 0.29) is 11.9 Å². The van der Waals surface area contributed by atoms with Crippen molar-refractivity contribution in [3.8, 4) is 0 Å². The Labute approximate surface area is 116 Å². The molecule has 19 heavy (non-hydrogen) atoms. The summed E-state index contributed by atoms with van der Waals surface area (Å²) in [5, 5.41) is 3.91.